The van der Waals surface area contributed by atoms with Crippen LogP contribution >= 0.6 is 0 Å². The summed E-state index contributed by atoms with van der Waals surface area (Å²) in [6, 6.07) is 1.55. The van der Waals surface area contributed by atoms with Crippen molar-refractivity contribution in [2.75, 3.05) is 7.11 Å². The molecule has 0 saturated carbocycles. The number of carboxylic acid groups (broad SMARTS) is 1. The van der Waals surface area contributed by atoms with Gasteiger partial charge in [-0.1, -0.05) is 0 Å². The van der Waals surface area contributed by atoms with E-state index in [2.05, 4.69) is 4.74 Å². The zero-order valence-corrected chi connectivity index (χ0v) is 13.3. The summed E-state index contributed by atoms with van der Waals surface area (Å²) in [5.41, 5.74) is -0.786. The Kier molecular flexibility index (Phi) is 6.17. The summed E-state index contributed by atoms with van der Waals surface area (Å²) < 4.78 is 35.2. The molecule has 1 rings (SSSR count). The molecule has 7 nitrogen and oxygen atoms in total. The fourth-order valence-electron chi connectivity index (χ4n) is 1.37. The molecule has 0 unspecified atom stereocenters. The number of hydrogen-bond donors (Lipinski definition) is 1. The van der Waals surface area contributed by atoms with Crippen LogP contribution in [0.1, 0.15) is 26.3 Å². The first-order valence-electron chi connectivity index (χ1n) is 4.60. The Bertz CT molecular complexity index is 621. The summed E-state index contributed by atoms with van der Waals surface area (Å²) in [7, 11) is -3.58. The summed E-state index contributed by atoms with van der Waals surface area (Å²) in [4.78, 5) is 21.5. The Morgan fingerprint density at radius 2 is 1.74 bits per heavy atom. The van der Waals surface area contributed by atoms with Gasteiger partial charge in [-0.15, -0.1) is 0 Å². The third-order valence-corrected chi connectivity index (χ3v) is 3.14. The second-order valence-electron chi connectivity index (χ2n) is 3.40. The molecule has 1 N–H and O–H groups in total. The van der Waals surface area contributed by atoms with E-state index in [1.54, 1.807) is 0 Å². The summed E-state index contributed by atoms with van der Waals surface area (Å²) >= 11 is 0. The molecule has 0 atom stereocenters. The maximum atomic E-state index is 11.4. The van der Waals surface area contributed by atoms with Crippen molar-refractivity contribution in [2.24, 2.45) is 0 Å². The van der Waals surface area contributed by atoms with Crippen LogP contribution in [0.5, 0.6) is 0 Å². The fraction of sp³-hybridized carbons (Fsp3) is 0.200. The molecule has 98 valence electrons. The van der Waals surface area contributed by atoms with Crippen LogP contribution in [0.15, 0.2) is 17.0 Å². The van der Waals surface area contributed by atoms with Crippen molar-refractivity contribution in [3.05, 3.63) is 28.8 Å². The van der Waals surface area contributed by atoms with Gasteiger partial charge in [0.25, 0.3) is 10.1 Å². The monoisotopic (exact) mass is 296 g/mol. The van der Waals surface area contributed by atoms with E-state index in [0.29, 0.717) is 6.07 Å². The number of esters is 1. The van der Waals surface area contributed by atoms with Gasteiger partial charge in [0.15, 0.2) is 0 Å². The number of carbonyl (C=O) groups excluding carboxylic acids is 2. The first-order chi connectivity index (χ1) is 8.18. The molecule has 0 heterocycles. The van der Waals surface area contributed by atoms with E-state index >= 15 is 0 Å². The second kappa shape index (κ2) is 6.49. The molecular weight excluding hydrogens is 287 g/mol. The molecule has 19 heavy (non-hydrogen) atoms. The van der Waals surface area contributed by atoms with Crippen molar-refractivity contribution in [3.63, 3.8) is 0 Å². The van der Waals surface area contributed by atoms with Gasteiger partial charge in [0.2, 0.25) is 0 Å². The van der Waals surface area contributed by atoms with Gasteiger partial charge in [-0.05, 0) is 24.6 Å². The summed E-state index contributed by atoms with van der Waals surface area (Å²) in [5, 5.41) is 10.8. The minimum atomic E-state index is -4.64. The second-order valence-corrected chi connectivity index (χ2v) is 4.82. The Morgan fingerprint density at radius 3 is 2.11 bits per heavy atom. The van der Waals surface area contributed by atoms with Gasteiger partial charge >= 0.3 is 35.5 Å². The van der Waals surface area contributed by atoms with Crippen LogP contribution in [0, 0.1) is 6.92 Å². The van der Waals surface area contributed by atoms with Crippen molar-refractivity contribution in [1.82, 2.24) is 0 Å². The molecule has 0 radical (unpaired) electrons. The van der Waals surface area contributed by atoms with E-state index in [1.165, 1.54) is 6.92 Å². The van der Waals surface area contributed by atoms with Gasteiger partial charge in [0.1, 0.15) is 0 Å². The number of benzene rings is 1. The van der Waals surface area contributed by atoms with E-state index in [-0.39, 0.29) is 40.7 Å². The molecule has 1 aromatic carbocycles. The summed E-state index contributed by atoms with van der Waals surface area (Å²) in [5.74, 6) is -2.58. The Balaban J connectivity index is 0.00000324. The Labute approximate surface area is 131 Å². The Hall–Kier alpha value is -0.930. The first kappa shape index (κ1) is 18.1. The van der Waals surface area contributed by atoms with E-state index < -0.39 is 32.5 Å². The minimum absolute atomic E-state index is 0. The average Bonchev–Trinajstić information content (AvgIpc) is 2.26. The maximum Gasteiger partial charge on any atom is 1.00 e. The fourth-order valence-corrected chi connectivity index (χ4v) is 1.90. The number of carboxylic acids is 1. The van der Waals surface area contributed by atoms with E-state index in [4.69, 9.17) is 4.55 Å². The van der Waals surface area contributed by atoms with Crippen molar-refractivity contribution >= 4 is 22.1 Å². The number of rotatable bonds is 3. The molecule has 0 saturated heterocycles. The molecule has 0 aliphatic rings. The van der Waals surface area contributed by atoms with Crippen LogP contribution in [0.4, 0.5) is 0 Å². The third kappa shape index (κ3) is 4.02. The molecule has 0 amide bonds. The van der Waals surface area contributed by atoms with Crippen molar-refractivity contribution in [3.8, 4) is 0 Å². The van der Waals surface area contributed by atoms with Gasteiger partial charge in [-0.2, -0.15) is 8.42 Å². The maximum absolute atomic E-state index is 11.4. The van der Waals surface area contributed by atoms with Crippen LogP contribution in [-0.4, -0.2) is 32.0 Å². The van der Waals surface area contributed by atoms with E-state index in [0.717, 1.165) is 13.2 Å². The molecule has 0 spiro atoms. The Morgan fingerprint density at radius 1 is 1.26 bits per heavy atom. The zero-order chi connectivity index (χ0) is 14.1. The average molecular weight is 296 g/mol. The third-order valence-electron chi connectivity index (χ3n) is 2.30. The molecule has 0 aromatic heterocycles. The largest absolute Gasteiger partial charge is 1.00 e. The molecule has 0 aliphatic carbocycles. The van der Waals surface area contributed by atoms with Crippen LogP contribution in [0.3, 0.4) is 0 Å². The zero-order valence-electron chi connectivity index (χ0n) is 10.5. The molecule has 1 aromatic rings. The molecule has 0 aliphatic heterocycles. The van der Waals surface area contributed by atoms with Crippen LogP contribution in [0.2, 0.25) is 0 Å². The normalized spacial score (nSPS) is 10.5. The topological polar surface area (TPSA) is 121 Å². The first-order valence-corrected chi connectivity index (χ1v) is 6.04. The predicted molar refractivity (Wildman–Crippen MR) is 56.7 cm³/mol. The van der Waals surface area contributed by atoms with Crippen LogP contribution < -0.4 is 34.7 Å². The van der Waals surface area contributed by atoms with E-state index in [1.807, 2.05) is 0 Å². The predicted octanol–water partition coefficient (Wildman–Crippen LogP) is -3.60. The molecule has 0 bridgehead atoms. The number of hydrogen-bond acceptors (Lipinski definition) is 6. The van der Waals surface area contributed by atoms with Gasteiger partial charge in [-0.25, -0.2) is 4.79 Å². The number of aromatic carboxylic acids is 1. The van der Waals surface area contributed by atoms with Crippen molar-refractivity contribution < 1.29 is 62.0 Å². The van der Waals surface area contributed by atoms with E-state index in [9.17, 15) is 23.1 Å². The molecular formula is C10H9NaO7S. The van der Waals surface area contributed by atoms with Gasteiger partial charge < -0.3 is 14.6 Å². The quantitative estimate of drug-likeness (QED) is 0.347. The van der Waals surface area contributed by atoms with Crippen molar-refractivity contribution in [1.29, 1.82) is 0 Å². The molecule has 9 heteroatoms. The summed E-state index contributed by atoms with van der Waals surface area (Å²) in [6.07, 6.45) is 0. The van der Waals surface area contributed by atoms with Gasteiger partial charge in [0.05, 0.1) is 23.5 Å². The number of carbonyl (C=O) groups is 2. The number of methoxy groups -OCH3 is 1. The molecule has 0 fully saturated rings. The van der Waals surface area contributed by atoms with Gasteiger partial charge in [0, 0.05) is 5.56 Å². The minimum Gasteiger partial charge on any atom is -0.545 e. The van der Waals surface area contributed by atoms with Crippen molar-refractivity contribution in [2.45, 2.75) is 11.8 Å². The smallest absolute Gasteiger partial charge is 0.545 e. The van der Waals surface area contributed by atoms with Crippen LogP contribution in [-0.2, 0) is 14.9 Å². The standard InChI is InChI=1S/C10H10O7S.Na/c1-5-7(9(11)12)3-6(18(14,15)16)4-8(5)10(13)17-2;/h3-4H,1-2H3,(H,11,12)(H,14,15,16);/q;+1/p-1. The number of ether oxygens (including phenoxy) is 1. The van der Waals surface area contributed by atoms with Gasteiger partial charge in [-0.3, -0.25) is 4.55 Å². The summed E-state index contributed by atoms with van der Waals surface area (Å²) in [6.45, 7) is 1.30. The SMILES string of the molecule is COC(=O)c1cc(S(=O)(=O)O)cc(C(=O)[O-])c1C.[Na+]. The van der Waals surface area contributed by atoms with Crippen LogP contribution in [0.25, 0.3) is 0 Å².